The fraction of sp³-hybridized carbons (Fsp3) is 1.00. The van der Waals surface area contributed by atoms with Crippen LogP contribution in [0.4, 0.5) is 0 Å². The van der Waals surface area contributed by atoms with Gasteiger partial charge in [-0.1, -0.05) is 182 Å². The molecule has 0 aromatic rings. The van der Waals surface area contributed by atoms with E-state index in [-0.39, 0.29) is 0 Å². The molecule has 0 bridgehead atoms. The molecule has 0 aromatic heterocycles. The molecule has 0 fully saturated rings. The number of hydrogen-bond donors (Lipinski definition) is 0. The second kappa shape index (κ2) is 25.3. The topological polar surface area (TPSA) is 0 Å². The molecule has 1 unspecified atom stereocenters. The molecule has 0 N–H and O–H groups in total. The monoisotopic (exact) mass is 422 g/mol. The molecule has 182 valence electrons. The summed E-state index contributed by atoms with van der Waals surface area (Å²) in [5.41, 5.74) is 0. The Morgan fingerprint density at radius 1 is 0.333 bits per heavy atom. The lowest BCUT2D eigenvalue weighted by Gasteiger charge is -2.17. The Morgan fingerprint density at radius 2 is 0.600 bits per heavy atom. The first kappa shape index (κ1) is 30.0. The van der Waals surface area contributed by atoms with Crippen molar-refractivity contribution < 1.29 is 0 Å². The number of rotatable bonds is 25. The molecule has 0 aliphatic heterocycles. The van der Waals surface area contributed by atoms with Crippen LogP contribution in [0.2, 0.25) is 0 Å². The summed E-state index contributed by atoms with van der Waals surface area (Å²) in [6, 6.07) is 0. The largest absolute Gasteiger partial charge is 0.0654 e. The van der Waals surface area contributed by atoms with Crippen molar-refractivity contribution in [2.75, 3.05) is 0 Å². The first-order valence-corrected chi connectivity index (χ1v) is 14.7. The Kier molecular flexibility index (Phi) is 25.3. The SMILES string of the molecule is CCCCCCCCC(CCCCCCCC)CCCCCC(C)CCCCCC. The van der Waals surface area contributed by atoms with E-state index in [2.05, 4.69) is 27.7 Å². The van der Waals surface area contributed by atoms with Crippen LogP contribution in [0.25, 0.3) is 0 Å². The Balaban J connectivity index is 3.87. The van der Waals surface area contributed by atoms with Gasteiger partial charge in [0.2, 0.25) is 0 Å². The highest BCUT2D eigenvalue weighted by Gasteiger charge is 2.09. The Morgan fingerprint density at radius 3 is 1.00 bits per heavy atom. The second-order valence-electron chi connectivity index (χ2n) is 10.6. The molecule has 1 atom stereocenters. The summed E-state index contributed by atoms with van der Waals surface area (Å²) in [5, 5.41) is 0. The Hall–Kier alpha value is 0. The highest BCUT2D eigenvalue weighted by atomic mass is 14.2. The zero-order valence-corrected chi connectivity index (χ0v) is 22.1. The van der Waals surface area contributed by atoms with Crippen LogP contribution >= 0.6 is 0 Å². The third kappa shape index (κ3) is 22.7. The van der Waals surface area contributed by atoms with Gasteiger partial charge >= 0.3 is 0 Å². The summed E-state index contributed by atoms with van der Waals surface area (Å²) < 4.78 is 0. The fourth-order valence-corrected chi connectivity index (χ4v) is 5.03. The summed E-state index contributed by atoms with van der Waals surface area (Å²) in [6.45, 7) is 9.45. The highest BCUT2D eigenvalue weighted by Crippen LogP contribution is 2.25. The van der Waals surface area contributed by atoms with Crippen LogP contribution in [0.3, 0.4) is 0 Å². The van der Waals surface area contributed by atoms with E-state index in [0.29, 0.717) is 0 Å². The Labute approximate surface area is 193 Å². The average molecular weight is 423 g/mol. The van der Waals surface area contributed by atoms with E-state index in [1.54, 1.807) is 0 Å². The zero-order chi connectivity index (χ0) is 22.1. The van der Waals surface area contributed by atoms with Crippen molar-refractivity contribution in [3.05, 3.63) is 0 Å². The number of hydrogen-bond acceptors (Lipinski definition) is 0. The van der Waals surface area contributed by atoms with Gasteiger partial charge in [0.15, 0.2) is 0 Å². The summed E-state index contributed by atoms with van der Waals surface area (Å²) >= 11 is 0. The molecular weight excluding hydrogens is 360 g/mol. The lowest BCUT2D eigenvalue weighted by atomic mass is 9.89. The van der Waals surface area contributed by atoms with E-state index in [4.69, 9.17) is 0 Å². The predicted molar refractivity (Wildman–Crippen MR) is 140 cm³/mol. The normalized spacial score (nSPS) is 12.7. The van der Waals surface area contributed by atoms with Crippen LogP contribution in [0.5, 0.6) is 0 Å². The molecular formula is C30H62. The van der Waals surface area contributed by atoms with Crippen LogP contribution in [-0.4, -0.2) is 0 Å². The van der Waals surface area contributed by atoms with E-state index < -0.39 is 0 Å². The maximum absolute atomic E-state index is 2.49. The van der Waals surface area contributed by atoms with Crippen molar-refractivity contribution in [3.8, 4) is 0 Å². The van der Waals surface area contributed by atoms with Crippen LogP contribution in [0.15, 0.2) is 0 Å². The van der Waals surface area contributed by atoms with Gasteiger partial charge in [0.25, 0.3) is 0 Å². The standard InChI is InChI=1S/C30H62/c1-5-8-11-14-16-21-26-30(27-22-17-15-12-9-6-2)28-23-18-20-25-29(4)24-19-13-10-7-3/h29-30H,5-28H2,1-4H3. The van der Waals surface area contributed by atoms with E-state index >= 15 is 0 Å². The van der Waals surface area contributed by atoms with Crippen molar-refractivity contribution in [3.63, 3.8) is 0 Å². The predicted octanol–water partition coefficient (Wildman–Crippen LogP) is 11.7. The molecule has 0 saturated carbocycles. The highest BCUT2D eigenvalue weighted by molar-refractivity contribution is 4.63. The van der Waals surface area contributed by atoms with E-state index in [0.717, 1.165) is 11.8 Å². The molecule has 0 saturated heterocycles. The van der Waals surface area contributed by atoms with Crippen molar-refractivity contribution in [2.24, 2.45) is 11.8 Å². The van der Waals surface area contributed by atoms with Crippen LogP contribution in [-0.2, 0) is 0 Å². The van der Waals surface area contributed by atoms with Crippen molar-refractivity contribution in [1.29, 1.82) is 0 Å². The van der Waals surface area contributed by atoms with Crippen molar-refractivity contribution in [2.45, 2.75) is 182 Å². The lowest BCUT2D eigenvalue weighted by Crippen LogP contribution is -2.02. The zero-order valence-electron chi connectivity index (χ0n) is 22.1. The fourth-order valence-electron chi connectivity index (χ4n) is 5.03. The molecule has 0 aliphatic rings. The van der Waals surface area contributed by atoms with Crippen LogP contribution < -0.4 is 0 Å². The summed E-state index contributed by atoms with van der Waals surface area (Å²) in [6.07, 6.45) is 35.2. The van der Waals surface area contributed by atoms with Gasteiger partial charge in [0.1, 0.15) is 0 Å². The van der Waals surface area contributed by atoms with Gasteiger partial charge in [-0.2, -0.15) is 0 Å². The van der Waals surface area contributed by atoms with Crippen LogP contribution in [0.1, 0.15) is 182 Å². The van der Waals surface area contributed by atoms with Gasteiger partial charge in [-0.15, -0.1) is 0 Å². The van der Waals surface area contributed by atoms with Crippen LogP contribution in [0, 0.1) is 11.8 Å². The Bertz CT molecular complexity index is 278. The first-order valence-electron chi connectivity index (χ1n) is 14.7. The van der Waals surface area contributed by atoms with Crippen molar-refractivity contribution >= 4 is 0 Å². The van der Waals surface area contributed by atoms with E-state index in [1.165, 1.54) is 154 Å². The quantitative estimate of drug-likeness (QED) is 0.128. The molecule has 30 heavy (non-hydrogen) atoms. The van der Waals surface area contributed by atoms with Gasteiger partial charge in [-0.3, -0.25) is 0 Å². The molecule has 0 aromatic carbocycles. The maximum atomic E-state index is 2.49. The summed E-state index contributed by atoms with van der Waals surface area (Å²) in [5.74, 6) is 2.00. The molecule has 0 radical (unpaired) electrons. The van der Waals surface area contributed by atoms with Crippen molar-refractivity contribution in [1.82, 2.24) is 0 Å². The third-order valence-corrected chi connectivity index (χ3v) is 7.29. The molecule has 0 spiro atoms. The average Bonchev–Trinajstić information content (AvgIpc) is 2.75. The first-order chi connectivity index (χ1) is 14.7. The molecule has 0 nitrogen and oxygen atoms in total. The maximum Gasteiger partial charge on any atom is -0.0414 e. The third-order valence-electron chi connectivity index (χ3n) is 7.29. The smallest absolute Gasteiger partial charge is 0.0414 e. The molecule has 0 aliphatic carbocycles. The molecule has 0 heteroatoms. The lowest BCUT2D eigenvalue weighted by molar-refractivity contribution is 0.360. The molecule has 0 amide bonds. The molecule has 0 rings (SSSR count). The summed E-state index contributed by atoms with van der Waals surface area (Å²) in [4.78, 5) is 0. The van der Waals surface area contributed by atoms with Gasteiger partial charge in [0.05, 0.1) is 0 Å². The minimum absolute atomic E-state index is 0.962. The molecule has 0 heterocycles. The minimum Gasteiger partial charge on any atom is -0.0654 e. The van der Waals surface area contributed by atoms with Gasteiger partial charge in [-0.05, 0) is 11.8 Å². The summed E-state index contributed by atoms with van der Waals surface area (Å²) in [7, 11) is 0. The van der Waals surface area contributed by atoms with Gasteiger partial charge in [0, 0.05) is 0 Å². The van der Waals surface area contributed by atoms with E-state index in [1.807, 2.05) is 0 Å². The second-order valence-corrected chi connectivity index (χ2v) is 10.6. The van der Waals surface area contributed by atoms with Gasteiger partial charge in [-0.25, -0.2) is 0 Å². The van der Waals surface area contributed by atoms with E-state index in [9.17, 15) is 0 Å². The number of unbranched alkanes of at least 4 members (excludes halogenated alkanes) is 15. The van der Waals surface area contributed by atoms with Gasteiger partial charge < -0.3 is 0 Å². The minimum atomic E-state index is 0.962.